The number of hydrogen-bond acceptors (Lipinski definition) is 4. The van der Waals surface area contributed by atoms with Crippen molar-refractivity contribution >= 4 is 40.0 Å². The summed E-state index contributed by atoms with van der Waals surface area (Å²) in [6, 6.07) is 9.19. The van der Waals surface area contributed by atoms with Crippen molar-refractivity contribution in [2.45, 2.75) is 0 Å². The molecule has 2 rings (SSSR count). The molecule has 0 fully saturated rings. The number of carbonyl (C=O) groups is 1. The smallest absolute Gasteiger partial charge is 0.282 e. The summed E-state index contributed by atoms with van der Waals surface area (Å²) in [5.74, 6) is -0.204. The van der Waals surface area contributed by atoms with Crippen LogP contribution in [0.2, 0.25) is 0 Å². The molecule has 0 unspecified atom stereocenters. The van der Waals surface area contributed by atoms with Crippen LogP contribution in [0, 0.1) is 13.7 Å². The van der Waals surface area contributed by atoms with Crippen molar-refractivity contribution in [1.29, 1.82) is 0 Å². The summed E-state index contributed by atoms with van der Waals surface area (Å²) in [6.07, 6.45) is 1.59. The Kier molecular flexibility index (Phi) is 4.05. The molecular formula is C12H8IN3O3. The van der Waals surface area contributed by atoms with E-state index in [1.54, 1.807) is 24.4 Å². The molecule has 96 valence electrons. The Morgan fingerprint density at radius 2 is 2.00 bits per heavy atom. The van der Waals surface area contributed by atoms with Crippen LogP contribution < -0.4 is 5.32 Å². The van der Waals surface area contributed by atoms with Crippen LogP contribution in [-0.4, -0.2) is 15.8 Å². The van der Waals surface area contributed by atoms with Crippen molar-refractivity contribution in [3.63, 3.8) is 0 Å². The molecule has 0 aliphatic heterocycles. The number of pyridine rings is 1. The minimum absolute atomic E-state index is 0.00727. The van der Waals surface area contributed by atoms with Crippen molar-refractivity contribution in [2.75, 3.05) is 5.32 Å². The Labute approximate surface area is 122 Å². The van der Waals surface area contributed by atoms with Crippen molar-refractivity contribution in [1.82, 2.24) is 4.98 Å². The number of nitrogens with one attached hydrogen (secondary N) is 1. The first-order chi connectivity index (χ1) is 9.08. The van der Waals surface area contributed by atoms with Crippen LogP contribution in [0.5, 0.6) is 0 Å². The van der Waals surface area contributed by atoms with E-state index in [9.17, 15) is 14.9 Å². The minimum atomic E-state index is -0.587. The van der Waals surface area contributed by atoms with Gasteiger partial charge in [0.05, 0.1) is 4.92 Å². The first-order valence-corrected chi connectivity index (χ1v) is 6.32. The van der Waals surface area contributed by atoms with Crippen LogP contribution >= 0.6 is 22.6 Å². The molecule has 7 heteroatoms. The molecule has 1 aromatic carbocycles. The van der Waals surface area contributed by atoms with Gasteiger partial charge in [-0.2, -0.15) is 0 Å². The molecule has 6 nitrogen and oxygen atoms in total. The summed E-state index contributed by atoms with van der Waals surface area (Å²) in [7, 11) is 0. The number of anilines is 1. The van der Waals surface area contributed by atoms with Gasteiger partial charge in [0.15, 0.2) is 0 Å². The second-order valence-electron chi connectivity index (χ2n) is 3.59. The molecule has 2 aromatic rings. The number of hydrogen-bond donors (Lipinski definition) is 1. The number of aromatic nitrogens is 1. The molecule has 0 spiro atoms. The topological polar surface area (TPSA) is 85.1 Å². The predicted molar refractivity (Wildman–Crippen MR) is 78.0 cm³/mol. The zero-order chi connectivity index (χ0) is 13.8. The average molecular weight is 369 g/mol. The third kappa shape index (κ3) is 3.25. The number of benzene rings is 1. The maximum Gasteiger partial charge on any atom is 0.282 e. The molecule has 0 bridgehead atoms. The van der Waals surface area contributed by atoms with E-state index in [0.29, 0.717) is 5.82 Å². The van der Waals surface area contributed by atoms with Crippen molar-refractivity contribution in [3.05, 3.63) is 61.8 Å². The van der Waals surface area contributed by atoms with E-state index in [4.69, 9.17) is 0 Å². The molecule has 0 aliphatic rings. The molecule has 1 aromatic heterocycles. The quantitative estimate of drug-likeness (QED) is 0.512. The number of nitro benzene ring substituents is 1. The number of nitrogens with zero attached hydrogens (tertiary/aromatic N) is 2. The lowest BCUT2D eigenvalue weighted by atomic mass is 10.1. The molecule has 1 heterocycles. The van der Waals surface area contributed by atoms with Gasteiger partial charge in [0.1, 0.15) is 11.4 Å². The van der Waals surface area contributed by atoms with Gasteiger partial charge in [-0.05, 0) is 40.8 Å². The fourth-order valence-electron chi connectivity index (χ4n) is 1.46. The number of nitro groups is 1. The van der Waals surface area contributed by atoms with Crippen LogP contribution in [-0.2, 0) is 0 Å². The summed E-state index contributed by atoms with van der Waals surface area (Å²) in [6.45, 7) is 0. The van der Waals surface area contributed by atoms with E-state index in [1.807, 2.05) is 0 Å². The fourth-order valence-corrected chi connectivity index (χ4v) is 1.78. The van der Waals surface area contributed by atoms with Gasteiger partial charge in [0.2, 0.25) is 0 Å². The van der Waals surface area contributed by atoms with Crippen LogP contribution in [0.1, 0.15) is 10.4 Å². The summed E-state index contributed by atoms with van der Waals surface area (Å²) >= 11 is 2.09. The second-order valence-corrected chi connectivity index (χ2v) is 4.84. The molecule has 0 saturated carbocycles. The zero-order valence-electron chi connectivity index (χ0n) is 9.54. The summed E-state index contributed by atoms with van der Waals surface area (Å²) in [5.41, 5.74) is -0.224. The molecule has 0 atom stereocenters. The molecule has 1 N–H and O–H groups in total. The van der Waals surface area contributed by atoms with E-state index in [-0.39, 0.29) is 11.3 Å². The maximum absolute atomic E-state index is 12.0. The first kappa shape index (κ1) is 13.4. The molecule has 1 amide bonds. The van der Waals surface area contributed by atoms with Crippen LogP contribution in [0.15, 0.2) is 42.6 Å². The number of amides is 1. The highest BCUT2D eigenvalue weighted by molar-refractivity contribution is 14.1. The van der Waals surface area contributed by atoms with Crippen molar-refractivity contribution < 1.29 is 9.72 Å². The van der Waals surface area contributed by atoms with Gasteiger partial charge in [-0.25, -0.2) is 4.98 Å². The van der Waals surface area contributed by atoms with Gasteiger partial charge >= 0.3 is 0 Å². The number of halogens is 1. The minimum Gasteiger partial charge on any atom is -0.306 e. The lowest BCUT2D eigenvalue weighted by Crippen LogP contribution is -2.14. The van der Waals surface area contributed by atoms with Crippen molar-refractivity contribution in [2.24, 2.45) is 0 Å². The second kappa shape index (κ2) is 5.74. The van der Waals surface area contributed by atoms with Crippen LogP contribution in [0.4, 0.5) is 11.5 Å². The standard InChI is InChI=1S/C12H8IN3O3/c13-8-5-6-11(14-7-8)15-12(17)9-3-1-2-4-10(9)16(18)19/h1-7H,(H,14,15,17). The van der Waals surface area contributed by atoms with E-state index in [0.717, 1.165) is 3.57 Å². The average Bonchev–Trinajstić information content (AvgIpc) is 2.41. The SMILES string of the molecule is O=C(Nc1ccc(I)cn1)c1ccccc1[N+](=O)[O-]. The van der Waals surface area contributed by atoms with Crippen molar-refractivity contribution in [3.8, 4) is 0 Å². The Bertz CT molecular complexity index is 628. The van der Waals surface area contributed by atoms with Gasteiger partial charge in [-0.1, -0.05) is 12.1 Å². The number of carbonyl (C=O) groups excluding carboxylic acids is 1. The van der Waals surface area contributed by atoms with Crippen LogP contribution in [0.25, 0.3) is 0 Å². The molecule has 0 aliphatic carbocycles. The largest absolute Gasteiger partial charge is 0.306 e. The molecular weight excluding hydrogens is 361 g/mol. The maximum atomic E-state index is 12.0. The third-order valence-corrected chi connectivity index (χ3v) is 2.95. The third-order valence-electron chi connectivity index (χ3n) is 2.31. The lowest BCUT2D eigenvalue weighted by molar-refractivity contribution is -0.385. The number of para-hydroxylation sites is 1. The Morgan fingerprint density at radius 1 is 1.26 bits per heavy atom. The van der Waals surface area contributed by atoms with Gasteiger partial charge < -0.3 is 5.32 Å². The normalized spacial score (nSPS) is 9.95. The molecule has 0 radical (unpaired) electrons. The van der Waals surface area contributed by atoms with Gasteiger partial charge in [0.25, 0.3) is 11.6 Å². The monoisotopic (exact) mass is 369 g/mol. The van der Waals surface area contributed by atoms with Crippen LogP contribution in [0.3, 0.4) is 0 Å². The lowest BCUT2D eigenvalue weighted by Gasteiger charge is -2.04. The van der Waals surface area contributed by atoms with Gasteiger partial charge in [-0.3, -0.25) is 14.9 Å². The van der Waals surface area contributed by atoms with Gasteiger partial charge in [-0.15, -0.1) is 0 Å². The van der Waals surface area contributed by atoms with Gasteiger partial charge in [0, 0.05) is 15.8 Å². The van der Waals surface area contributed by atoms with E-state index < -0.39 is 10.8 Å². The summed E-state index contributed by atoms with van der Waals surface area (Å²) < 4.78 is 0.932. The first-order valence-electron chi connectivity index (χ1n) is 5.24. The van der Waals surface area contributed by atoms with E-state index >= 15 is 0 Å². The predicted octanol–water partition coefficient (Wildman–Crippen LogP) is 2.85. The summed E-state index contributed by atoms with van der Waals surface area (Å²) in [5, 5.41) is 13.4. The highest BCUT2D eigenvalue weighted by Gasteiger charge is 2.19. The number of rotatable bonds is 3. The van der Waals surface area contributed by atoms with E-state index in [2.05, 4.69) is 32.9 Å². The molecule has 0 saturated heterocycles. The fraction of sp³-hybridized carbons (Fsp3) is 0. The summed E-state index contributed by atoms with van der Waals surface area (Å²) in [4.78, 5) is 26.2. The zero-order valence-corrected chi connectivity index (χ0v) is 11.7. The van der Waals surface area contributed by atoms with E-state index in [1.165, 1.54) is 18.2 Å². The molecule has 19 heavy (non-hydrogen) atoms. The Balaban J connectivity index is 2.25. The Morgan fingerprint density at radius 3 is 2.63 bits per heavy atom. The highest BCUT2D eigenvalue weighted by Crippen LogP contribution is 2.19. The Hall–Kier alpha value is -2.03. The highest BCUT2D eigenvalue weighted by atomic mass is 127.